The van der Waals surface area contributed by atoms with Crippen LogP contribution >= 0.6 is 0 Å². The molecule has 1 unspecified atom stereocenters. The number of nitrogens with zero attached hydrogens (tertiary/aromatic N) is 3. The second-order valence-electron chi connectivity index (χ2n) is 7.18. The first-order chi connectivity index (χ1) is 13.8. The highest BCUT2D eigenvalue weighted by Gasteiger charge is 2.25. The van der Waals surface area contributed by atoms with Crippen LogP contribution in [0.5, 0.6) is 0 Å². The van der Waals surface area contributed by atoms with Crippen molar-refractivity contribution in [1.82, 2.24) is 9.88 Å². The lowest BCUT2D eigenvalue weighted by atomic mass is 9.97. The van der Waals surface area contributed by atoms with Gasteiger partial charge in [0.25, 0.3) is 0 Å². The van der Waals surface area contributed by atoms with Crippen LogP contribution in [0.4, 0.5) is 5.69 Å². The molecule has 0 radical (unpaired) electrons. The number of rotatable bonds is 7. The van der Waals surface area contributed by atoms with Crippen LogP contribution in [0.15, 0.2) is 78.1 Å². The Bertz CT molecular complexity index is 874. The Morgan fingerprint density at radius 2 is 1.64 bits per heavy atom. The molecule has 0 saturated heterocycles. The summed E-state index contributed by atoms with van der Waals surface area (Å²) in [6.45, 7) is 3.66. The summed E-state index contributed by atoms with van der Waals surface area (Å²) in [4.78, 5) is 17.8. The Kier molecular flexibility index (Phi) is 5.85. The van der Waals surface area contributed by atoms with Crippen molar-refractivity contribution in [3.8, 4) is 0 Å². The second-order valence-corrected chi connectivity index (χ2v) is 7.18. The highest BCUT2D eigenvalue weighted by Crippen LogP contribution is 2.29. The summed E-state index contributed by atoms with van der Waals surface area (Å²) in [6, 6.07) is 22.8. The lowest BCUT2D eigenvalue weighted by molar-refractivity contribution is 0.0737. The van der Waals surface area contributed by atoms with Gasteiger partial charge in [-0.05, 0) is 22.4 Å². The molecule has 142 valence electrons. The fourth-order valence-electron chi connectivity index (χ4n) is 3.75. The Morgan fingerprint density at radius 1 is 1.00 bits per heavy atom. The number of ether oxygens (including phenoxy) is 1. The molecule has 1 atom stereocenters. The summed E-state index contributed by atoms with van der Waals surface area (Å²) >= 11 is 0. The van der Waals surface area contributed by atoms with Gasteiger partial charge in [-0.3, -0.25) is 9.88 Å². The minimum Gasteiger partial charge on any atom is -0.376 e. The molecular weight excluding hydrogens is 350 g/mol. The minimum atomic E-state index is 0.164. The van der Waals surface area contributed by atoms with E-state index in [0.717, 1.165) is 30.9 Å². The van der Waals surface area contributed by atoms with E-state index in [9.17, 15) is 4.91 Å². The Morgan fingerprint density at radius 3 is 2.25 bits per heavy atom. The number of fused-ring (bicyclic) bond motifs is 1. The summed E-state index contributed by atoms with van der Waals surface area (Å²) in [5, 5.41) is 3.00. The Hall–Kier alpha value is -2.89. The Labute approximate surface area is 165 Å². The van der Waals surface area contributed by atoms with Gasteiger partial charge < -0.3 is 4.74 Å². The molecule has 2 heterocycles. The number of hydrogen-bond donors (Lipinski definition) is 0. The molecule has 1 aromatic heterocycles. The molecule has 4 rings (SSSR count). The maximum absolute atomic E-state index is 10.8. The van der Waals surface area contributed by atoms with E-state index in [0.29, 0.717) is 18.9 Å². The molecule has 0 spiro atoms. The molecule has 1 aliphatic heterocycles. The van der Waals surface area contributed by atoms with Gasteiger partial charge in [0.05, 0.1) is 25.1 Å². The lowest BCUT2D eigenvalue weighted by Gasteiger charge is -2.31. The highest BCUT2D eigenvalue weighted by atomic mass is 16.5. The van der Waals surface area contributed by atoms with Crippen molar-refractivity contribution >= 4 is 5.69 Å². The first kappa shape index (κ1) is 18.5. The van der Waals surface area contributed by atoms with Crippen LogP contribution in [-0.2, 0) is 24.4 Å². The van der Waals surface area contributed by atoms with Crippen molar-refractivity contribution < 1.29 is 4.74 Å². The van der Waals surface area contributed by atoms with Crippen molar-refractivity contribution in [1.29, 1.82) is 0 Å². The van der Waals surface area contributed by atoms with Gasteiger partial charge in [-0.1, -0.05) is 60.7 Å². The standard InChI is InChI=1S/C23H23N3O2/c27-25-22-11-20-16-28-17-21(23(20)24-12-22)15-26(13-18-7-3-1-4-8-18)14-19-9-5-2-6-10-19/h1-12,21H,13-17H2. The fourth-order valence-corrected chi connectivity index (χ4v) is 3.75. The van der Waals surface area contributed by atoms with E-state index < -0.39 is 0 Å². The molecule has 5 heteroatoms. The van der Waals surface area contributed by atoms with E-state index in [-0.39, 0.29) is 5.92 Å². The van der Waals surface area contributed by atoms with Crippen molar-refractivity contribution in [3.63, 3.8) is 0 Å². The minimum absolute atomic E-state index is 0.164. The van der Waals surface area contributed by atoms with E-state index in [1.165, 1.54) is 11.1 Å². The van der Waals surface area contributed by atoms with Gasteiger partial charge in [-0.25, -0.2) is 0 Å². The molecule has 28 heavy (non-hydrogen) atoms. The van der Waals surface area contributed by atoms with Gasteiger partial charge in [-0.15, -0.1) is 4.91 Å². The van der Waals surface area contributed by atoms with E-state index in [4.69, 9.17) is 4.74 Å². The molecule has 0 fully saturated rings. The number of nitroso groups, excluding NO2 is 1. The zero-order chi connectivity index (χ0) is 19.2. The number of pyridine rings is 1. The zero-order valence-electron chi connectivity index (χ0n) is 15.7. The first-order valence-corrected chi connectivity index (χ1v) is 9.52. The topological polar surface area (TPSA) is 54.8 Å². The van der Waals surface area contributed by atoms with Crippen molar-refractivity contribution in [2.45, 2.75) is 25.6 Å². The molecule has 0 N–H and O–H groups in total. The average molecular weight is 373 g/mol. The molecule has 5 nitrogen and oxygen atoms in total. The predicted octanol–water partition coefficient (Wildman–Crippen LogP) is 4.80. The third-order valence-electron chi connectivity index (χ3n) is 5.03. The lowest BCUT2D eigenvalue weighted by Crippen LogP contribution is -2.32. The smallest absolute Gasteiger partial charge is 0.126 e. The van der Waals surface area contributed by atoms with Gasteiger partial charge in [0.15, 0.2) is 0 Å². The summed E-state index contributed by atoms with van der Waals surface area (Å²) in [5.41, 5.74) is 4.90. The van der Waals surface area contributed by atoms with Gasteiger partial charge in [0.2, 0.25) is 0 Å². The van der Waals surface area contributed by atoms with E-state index in [1.807, 2.05) is 12.1 Å². The molecule has 0 amide bonds. The van der Waals surface area contributed by atoms with Crippen LogP contribution in [-0.4, -0.2) is 23.0 Å². The average Bonchev–Trinajstić information content (AvgIpc) is 2.75. The van der Waals surface area contributed by atoms with E-state index in [2.05, 4.69) is 63.6 Å². The van der Waals surface area contributed by atoms with Crippen LogP contribution in [0.1, 0.15) is 28.3 Å². The number of hydrogen-bond acceptors (Lipinski definition) is 5. The summed E-state index contributed by atoms with van der Waals surface area (Å²) in [6.07, 6.45) is 1.56. The number of aromatic nitrogens is 1. The van der Waals surface area contributed by atoms with Gasteiger partial charge in [0.1, 0.15) is 5.69 Å². The third-order valence-corrected chi connectivity index (χ3v) is 5.03. The van der Waals surface area contributed by atoms with Crippen LogP contribution < -0.4 is 0 Å². The Balaban J connectivity index is 1.56. The van der Waals surface area contributed by atoms with Crippen LogP contribution in [0.2, 0.25) is 0 Å². The van der Waals surface area contributed by atoms with Crippen molar-refractivity contribution in [3.05, 3.63) is 100 Å². The van der Waals surface area contributed by atoms with Gasteiger partial charge in [0, 0.05) is 31.1 Å². The normalized spacial score (nSPS) is 16.0. The first-order valence-electron chi connectivity index (χ1n) is 9.52. The van der Waals surface area contributed by atoms with E-state index >= 15 is 0 Å². The molecule has 3 aromatic rings. The monoisotopic (exact) mass is 373 g/mol. The molecule has 0 saturated carbocycles. The predicted molar refractivity (Wildman–Crippen MR) is 109 cm³/mol. The van der Waals surface area contributed by atoms with Crippen LogP contribution in [0, 0.1) is 4.91 Å². The fraction of sp³-hybridized carbons (Fsp3) is 0.261. The van der Waals surface area contributed by atoms with Crippen LogP contribution in [0.3, 0.4) is 0 Å². The van der Waals surface area contributed by atoms with Crippen molar-refractivity contribution in [2.75, 3.05) is 13.2 Å². The quantitative estimate of drug-likeness (QED) is 0.559. The second kappa shape index (κ2) is 8.87. The largest absolute Gasteiger partial charge is 0.376 e. The highest BCUT2D eigenvalue weighted by molar-refractivity contribution is 5.41. The maximum atomic E-state index is 10.8. The SMILES string of the molecule is O=Nc1cnc2c(c1)COCC2CN(Cc1ccccc1)Cc1ccccc1. The van der Waals surface area contributed by atoms with Gasteiger partial charge in [-0.2, -0.15) is 0 Å². The van der Waals surface area contributed by atoms with E-state index in [1.54, 1.807) is 12.3 Å². The molecule has 0 aliphatic carbocycles. The zero-order valence-corrected chi connectivity index (χ0v) is 15.7. The summed E-state index contributed by atoms with van der Waals surface area (Å²) in [7, 11) is 0. The summed E-state index contributed by atoms with van der Waals surface area (Å²) < 4.78 is 5.80. The molecule has 1 aliphatic rings. The third kappa shape index (κ3) is 4.50. The molecule has 0 bridgehead atoms. The maximum Gasteiger partial charge on any atom is 0.126 e. The number of benzene rings is 2. The molecular formula is C23H23N3O2. The van der Waals surface area contributed by atoms with Gasteiger partial charge >= 0.3 is 0 Å². The summed E-state index contributed by atoms with van der Waals surface area (Å²) in [5.74, 6) is 0.164. The van der Waals surface area contributed by atoms with Crippen LogP contribution in [0.25, 0.3) is 0 Å². The molecule has 2 aromatic carbocycles. The van der Waals surface area contributed by atoms with Crippen molar-refractivity contribution in [2.24, 2.45) is 5.18 Å².